The molecule has 1 aliphatic rings. The maximum absolute atomic E-state index is 12.0. The highest BCUT2D eigenvalue weighted by atomic mass is 16.3. The summed E-state index contributed by atoms with van der Waals surface area (Å²) in [7, 11) is 0. The number of benzene rings is 1. The van der Waals surface area contributed by atoms with Gasteiger partial charge in [-0.15, -0.1) is 0 Å². The molecule has 3 atom stereocenters. The molecule has 0 aliphatic heterocycles. The Hall–Kier alpha value is -1.65. The van der Waals surface area contributed by atoms with Crippen LogP contribution in [-0.4, -0.2) is 28.8 Å². The molecule has 1 amide bonds. The highest BCUT2D eigenvalue weighted by Gasteiger charge is 2.20. The largest absolute Gasteiger partial charge is 0.396 e. The van der Waals surface area contributed by atoms with Crippen molar-refractivity contribution in [1.29, 1.82) is 0 Å². The number of hydrogen-bond acceptors (Lipinski definition) is 3. The van der Waals surface area contributed by atoms with Gasteiger partial charge < -0.3 is 15.5 Å². The van der Waals surface area contributed by atoms with Gasteiger partial charge in [-0.1, -0.05) is 57.2 Å². The Labute approximate surface area is 144 Å². The number of hydrogen-bond donors (Lipinski definition) is 3. The van der Waals surface area contributed by atoms with Gasteiger partial charge in [-0.25, -0.2) is 0 Å². The number of rotatable bonds is 6. The minimum Gasteiger partial charge on any atom is -0.396 e. The smallest absolute Gasteiger partial charge is 0.220 e. The third-order valence-corrected chi connectivity index (χ3v) is 4.56. The fourth-order valence-electron chi connectivity index (χ4n) is 2.94. The van der Waals surface area contributed by atoms with Crippen molar-refractivity contribution in [1.82, 2.24) is 5.32 Å². The SMILES string of the molecule is CC(C)(C)c1ccc([C@H](O)CCC(=O)N[C@@H]2C=C[C@H](CO)C2)cc1. The normalized spacial score (nSPS) is 21.7. The molecule has 0 spiro atoms. The number of nitrogens with one attached hydrogen (secondary N) is 1. The van der Waals surface area contributed by atoms with E-state index >= 15 is 0 Å². The van der Waals surface area contributed by atoms with Gasteiger partial charge in [-0.2, -0.15) is 0 Å². The standard InChI is InChI=1S/C20H29NO3/c1-20(2,3)16-7-5-15(6-8-16)18(23)10-11-19(24)21-17-9-4-14(12-17)13-22/h4-9,14,17-18,22-23H,10-13H2,1-3H3,(H,21,24)/t14-,17+,18+/m0/s1. The zero-order valence-corrected chi connectivity index (χ0v) is 14.8. The number of amides is 1. The van der Waals surface area contributed by atoms with Crippen LogP contribution in [0.2, 0.25) is 0 Å². The molecule has 0 saturated heterocycles. The average Bonchev–Trinajstić information content (AvgIpc) is 2.99. The summed E-state index contributed by atoms with van der Waals surface area (Å²) in [5.41, 5.74) is 2.16. The lowest BCUT2D eigenvalue weighted by Gasteiger charge is -2.20. The molecule has 1 aliphatic carbocycles. The van der Waals surface area contributed by atoms with E-state index in [1.54, 1.807) is 0 Å². The molecule has 0 aromatic heterocycles. The highest BCUT2D eigenvalue weighted by Crippen LogP contribution is 2.25. The van der Waals surface area contributed by atoms with Crippen LogP contribution in [-0.2, 0) is 10.2 Å². The molecule has 1 aromatic rings. The van der Waals surface area contributed by atoms with Gasteiger partial charge in [0.2, 0.25) is 5.91 Å². The maximum atomic E-state index is 12.0. The first-order chi connectivity index (χ1) is 11.3. The van der Waals surface area contributed by atoms with Crippen molar-refractivity contribution in [2.45, 2.75) is 57.6 Å². The van der Waals surface area contributed by atoms with Crippen LogP contribution in [0.3, 0.4) is 0 Å². The molecule has 24 heavy (non-hydrogen) atoms. The van der Waals surface area contributed by atoms with Gasteiger partial charge in [0.25, 0.3) is 0 Å². The van der Waals surface area contributed by atoms with E-state index in [1.165, 1.54) is 5.56 Å². The van der Waals surface area contributed by atoms with E-state index < -0.39 is 6.10 Å². The van der Waals surface area contributed by atoms with Crippen LogP contribution in [0.5, 0.6) is 0 Å². The van der Waals surface area contributed by atoms with Crippen molar-refractivity contribution < 1.29 is 15.0 Å². The van der Waals surface area contributed by atoms with E-state index in [0.29, 0.717) is 6.42 Å². The lowest BCUT2D eigenvalue weighted by atomic mass is 9.86. The van der Waals surface area contributed by atoms with Crippen molar-refractivity contribution in [2.75, 3.05) is 6.61 Å². The molecule has 3 N–H and O–H groups in total. The molecule has 132 valence electrons. The zero-order valence-electron chi connectivity index (χ0n) is 14.8. The summed E-state index contributed by atoms with van der Waals surface area (Å²) in [5.74, 6) is 0.0795. The summed E-state index contributed by atoms with van der Waals surface area (Å²) >= 11 is 0. The van der Waals surface area contributed by atoms with E-state index in [4.69, 9.17) is 5.11 Å². The minimum atomic E-state index is -0.630. The Balaban J connectivity index is 1.79. The van der Waals surface area contributed by atoms with E-state index in [1.807, 2.05) is 36.4 Å². The van der Waals surface area contributed by atoms with Gasteiger partial charge in [-0.05, 0) is 29.4 Å². The Bertz CT molecular complexity index is 572. The monoisotopic (exact) mass is 331 g/mol. The van der Waals surface area contributed by atoms with E-state index in [2.05, 4.69) is 26.1 Å². The topological polar surface area (TPSA) is 69.6 Å². The van der Waals surface area contributed by atoms with Gasteiger partial charge in [-0.3, -0.25) is 4.79 Å². The Kier molecular flexibility index (Phi) is 6.19. The summed E-state index contributed by atoms with van der Waals surface area (Å²) < 4.78 is 0. The van der Waals surface area contributed by atoms with Crippen LogP contribution in [0.25, 0.3) is 0 Å². The minimum absolute atomic E-state index is 0.00198. The highest BCUT2D eigenvalue weighted by molar-refractivity contribution is 5.76. The van der Waals surface area contributed by atoms with Gasteiger partial charge >= 0.3 is 0 Å². The molecule has 4 heteroatoms. The van der Waals surface area contributed by atoms with Gasteiger partial charge in [0, 0.05) is 25.0 Å². The first-order valence-corrected chi connectivity index (χ1v) is 8.66. The molecule has 0 bridgehead atoms. The van der Waals surface area contributed by atoms with Crippen LogP contribution >= 0.6 is 0 Å². The van der Waals surface area contributed by atoms with Crippen molar-refractivity contribution >= 4 is 5.91 Å². The van der Waals surface area contributed by atoms with Crippen LogP contribution in [0, 0.1) is 5.92 Å². The predicted molar refractivity (Wildman–Crippen MR) is 95.6 cm³/mol. The van der Waals surface area contributed by atoms with Crippen LogP contribution < -0.4 is 5.32 Å². The second-order valence-electron chi connectivity index (χ2n) is 7.66. The second kappa shape index (κ2) is 7.95. The third-order valence-electron chi connectivity index (χ3n) is 4.56. The zero-order chi connectivity index (χ0) is 17.7. The van der Waals surface area contributed by atoms with Crippen molar-refractivity contribution in [2.24, 2.45) is 5.92 Å². The lowest BCUT2D eigenvalue weighted by Crippen LogP contribution is -2.32. The Morgan fingerprint density at radius 3 is 2.46 bits per heavy atom. The lowest BCUT2D eigenvalue weighted by molar-refractivity contribution is -0.122. The number of aliphatic hydroxyl groups excluding tert-OH is 2. The van der Waals surface area contributed by atoms with E-state index in [0.717, 1.165) is 12.0 Å². The molecule has 0 fully saturated rings. The van der Waals surface area contributed by atoms with Crippen molar-refractivity contribution in [3.05, 3.63) is 47.5 Å². The first kappa shape index (κ1) is 18.7. The fourth-order valence-corrected chi connectivity index (χ4v) is 2.94. The molecule has 0 heterocycles. The predicted octanol–water partition coefficient (Wildman–Crippen LogP) is 2.85. The van der Waals surface area contributed by atoms with Crippen LogP contribution in [0.4, 0.5) is 0 Å². The van der Waals surface area contributed by atoms with Crippen molar-refractivity contribution in [3.63, 3.8) is 0 Å². The molecule has 0 radical (unpaired) electrons. The fraction of sp³-hybridized carbons (Fsp3) is 0.550. The summed E-state index contributed by atoms with van der Waals surface area (Å²) in [5, 5.41) is 22.3. The van der Waals surface area contributed by atoms with Crippen LogP contribution in [0.1, 0.15) is 57.3 Å². The number of aliphatic hydroxyl groups is 2. The summed E-state index contributed by atoms with van der Waals surface area (Å²) in [6.07, 6.45) is 4.68. The molecule has 1 aromatic carbocycles. The van der Waals surface area contributed by atoms with E-state index in [9.17, 15) is 9.90 Å². The summed E-state index contributed by atoms with van der Waals surface area (Å²) in [6.45, 7) is 6.58. The summed E-state index contributed by atoms with van der Waals surface area (Å²) in [6, 6.07) is 7.95. The molecular formula is C20H29NO3. The van der Waals surface area contributed by atoms with Gasteiger partial charge in [0.15, 0.2) is 0 Å². The van der Waals surface area contributed by atoms with Gasteiger partial charge in [0.05, 0.1) is 6.10 Å². The van der Waals surface area contributed by atoms with Gasteiger partial charge in [0.1, 0.15) is 0 Å². The first-order valence-electron chi connectivity index (χ1n) is 8.66. The molecular weight excluding hydrogens is 302 g/mol. The van der Waals surface area contributed by atoms with E-state index in [-0.39, 0.29) is 36.3 Å². The number of carbonyl (C=O) groups is 1. The quantitative estimate of drug-likeness (QED) is 0.702. The Morgan fingerprint density at radius 2 is 1.92 bits per heavy atom. The summed E-state index contributed by atoms with van der Waals surface area (Å²) in [4.78, 5) is 12.0. The van der Waals surface area contributed by atoms with Crippen LogP contribution in [0.15, 0.2) is 36.4 Å². The number of carbonyl (C=O) groups excluding carboxylic acids is 1. The molecule has 0 saturated carbocycles. The third kappa shape index (κ3) is 5.18. The Morgan fingerprint density at radius 1 is 1.25 bits per heavy atom. The maximum Gasteiger partial charge on any atom is 0.220 e. The molecule has 0 unspecified atom stereocenters. The average molecular weight is 331 g/mol. The van der Waals surface area contributed by atoms with Crippen molar-refractivity contribution in [3.8, 4) is 0 Å². The molecule has 4 nitrogen and oxygen atoms in total. The molecule has 2 rings (SSSR count). The second-order valence-corrected chi connectivity index (χ2v) is 7.66.